The van der Waals surface area contributed by atoms with Crippen LogP contribution in [-0.2, 0) is 25.9 Å². The summed E-state index contributed by atoms with van der Waals surface area (Å²) in [5.74, 6) is 0. The Kier molecular flexibility index (Phi) is 8.40. The molecule has 0 radical (unpaired) electrons. The Hall–Kier alpha value is -4.65. The zero-order valence-corrected chi connectivity index (χ0v) is 24.0. The van der Waals surface area contributed by atoms with Crippen LogP contribution in [-0.4, -0.2) is 50.3 Å². The van der Waals surface area contributed by atoms with Crippen molar-refractivity contribution in [1.29, 1.82) is 0 Å². The van der Waals surface area contributed by atoms with Crippen LogP contribution >= 0.6 is 0 Å². The number of hydrogen-bond donors (Lipinski definition) is 3. The Balaban J connectivity index is 1.44. The molecule has 1 aliphatic heterocycles. The lowest BCUT2D eigenvalue weighted by Gasteiger charge is -2.36. The van der Waals surface area contributed by atoms with Crippen LogP contribution in [0.2, 0.25) is 0 Å². The number of nitrogens with two attached hydrogens (primary N) is 1. The summed E-state index contributed by atoms with van der Waals surface area (Å²) in [4.78, 5) is 18.3. The van der Waals surface area contributed by atoms with Gasteiger partial charge in [0.15, 0.2) is 0 Å². The molecule has 218 valence electrons. The first kappa shape index (κ1) is 28.5. The smallest absolute Gasteiger partial charge is 0.321 e. The molecule has 1 aliphatic rings. The molecule has 2 amide bonds. The second-order valence-corrected chi connectivity index (χ2v) is 11.5. The highest BCUT2D eigenvalue weighted by atomic mass is 16.3. The Morgan fingerprint density at radius 2 is 1.02 bits per heavy atom. The lowest BCUT2D eigenvalue weighted by atomic mass is 9.91. The van der Waals surface area contributed by atoms with Gasteiger partial charge in [0, 0.05) is 18.8 Å². The van der Waals surface area contributed by atoms with Crippen LogP contribution in [0.5, 0.6) is 0 Å². The second kappa shape index (κ2) is 12.7. The van der Waals surface area contributed by atoms with Gasteiger partial charge in [-0.2, -0.15) is 0 Å². The average molecular weight is 572 g/mol. The van der Waals surface area contributed by atoms with Gasteiger partial charge in [0.05, 0.1) is 12.1 Å². The monoisotopic (exact) mass is 571 g/mol. The normalized spacial score (nSPS) is 20.7. The summed E-state index contributed by atoms with van der Waals surface area (Å²) < 4.78 is 0. The van der Waals surface area contributed by atoms with Gasteiger partial charge >= 0.3 is 6.03 Å². The molecule has 0 unspecified atom stereocenters. The molecule has 5 aromatic carbocycles. The second-order valence-electron chi connectivity index (χ2n) is 11.5. The maximum atomic E-state index is 14.8. The number of benzene rings is 5. The summed E-state index contributed by atoms with van der Waals surface area (Å²) >= 11 is 0. The number of aliphatic hydroxyl groups is 2. The van der Waals surface area contributed by atoms with Crippen LogP contribution in [0, 0.1) is 0 Å². The molecule has 0 saturated carbocycles. The van der Waals surface area contributed by atoms with E-state index in [1.165, 1.54) is 0 Å². The van der Waals surface area contributed by atoms with Gasteiger partial charge in [-0.1, -0.05) is 109 Å². The fourth-order valence-electron chi connectivity index (χ4n) is 6.24. The van der Waals surface area contributed by atoms with E-state index in [0.29, 0.717) is 18.5 Å². The molecule has 1 heterocycles. The predicted octanol–water partition coefficient (Wildman–Crippen LogP) is 5.80. The highest BCUT2D eigenvalue weighted by molar-refractivity contribution is 5.83. The lowest BCUT2D eigenvalue weighted by Crippen LogP contribution is -2.50. The lowest BCUT2D eigenvalue weighted by molar-refractivity contribution is -0.0408. The highest BCUT2D eigenvalue weighted by Gasteiger charge is 2.46. The number of carbonyl (C=O) groups is 1. The molecule has 4 atom stereocenters. The van der Waals surface area contributed by atoms with E-state index in [-0.39, 0.29) is 19.1 Å². The number of rotatable bonds is 8. The third-order valence-electron chi connectivity index (χ3n) is 8.48. The number of amides is 2. The van der Waals surface area contributed by atoms with E-state index in [1.807, 2.05) is 103 Å². The zero-order valence-electron chi connectivity index (χ0n) is 24.0. The fourth-order valence-corrected chi connectivity index (χ4v) is 6.24. The minimum atomic E-state index is -1.18. The van der Waals surface area contributed by atoms with E-state index in [1.54, 1.807) is 9.80 Å². The van der Waals surface area contributed by atoms with Crippen molar-refractivity contribution >= 4 is 22.5 Å². The molecule has 6 rings (SSSR count). The van der Waals surface area contributed by atoms with Crippen molar-refractivity contribution in [3.63, 3.8) is 0 Å². The van der Waals surface area contributed by atoms with Crippen molar-refractivity contribution in [2.45, 2.75) is 50.2 Å². The molecule has 0 bridgehead atoms. The first-order chi connectivity index (χ1) is 21.0. The van der Waals surface area contributed by atoms with Gasteiger partial charge in [0.25, 0.3) is 0 Å². The Morgan fingerprint density at radius 1 is 0.535 bits per heavy atom. The molecule has 6 heteroatoms. The third kappa shape index (κ3) is 6.41. The van der Waals surface area contributed by atoms with Gasteiger partial charge < -0.3 is 25.7 Å². The number of nitrogens with zero attached hydrogens (tertiary/aromatic N) is 2. The third-order valence-corrected chi connectivity index (χ3v) is 8.48. The molecule has 0 aromatic heterocycles. The van der Waals surface area contributed by atoms with Crippen LogP contribution in [0.15, 0.2) is 127 Å². The first-order valence-electron chi connectivity index (χ1n) is 14.8. The molecule has 1 fully saturated rings. The van der Waals surface area contributed by atoms with E-state index in [4.69, 9.17) is 5.73 Å². The number of hydrogen-bond acceptors (Lipinski definition) is 4. The summed E-state index contributed by atoms with van der Waals surface area (Å²) in [5, 5.41) is 26.0. The van der Waals surface area contributed by atoms with E-state index in [9.17, 15) is 15.0 Å². The van der Waals surface area contributed by atoms with Crippen LogP contribution in [0.4, 0.5) is 10.5 Å². The van der Waals surface area contributed by atoms with E-state index in [2.05, 4.69) is 24.3 Å². The number of nitrogen functional groups attached to an aromatic ring is 1. The van der Waals surface area contributed by atoms with Crippen LogP contribution < -0.4 is 5.73 Å². The molecular weight excluding hydrogens is 534 g/mol. The van der Waals surface area contributed by atoms with E-state index >= 15 is 0 Å². The fraction of sp³-hybridized carbons (Fsp3) is 0.216. The summed E-state index contributed by atoms with van der Waals surface area (Å²) in [6, 6.07) is 39.9. The van der Waals surface area contributed by atoms with Gasteiger partial charge in [-0.05, 0) is 64.1 Å². The molecule has 5 aromatic rings. The summed E-state index contributed by atoms with van der Waals surface area (Å²) in [6.45, 7) is 0.536. The Labute approximate surface area is 252 Å². The molecule has 0 spiro atoms. The topological polar surface area (TPSA) is 90.0 Å². The van der Waals surface area contributed by atoms with Crippen LogP contribution in [0.3, 0.4) is 0 Å². The van der Waals surface area contributed by atoms with Crippen molar-refractivity contribution in [1.82, 2.24) is 9.80 Å². The molecular formula is C37H37N3O3. The Morgan fingerprint density at radius 3 is 1.58 bits per heavy atom. The highest BCUT2D eigenvalue weighted by Crippen LogP contribution is 2.30. The minimum absolute atomic E-state index is 0.229. The molecule has 1 saturated heterocycles. The van der Waals surface area contributed by atoms with E-state index in [0.717, 1.165) is 33.0 Å². The quantitative estimate of drug-likeness (QED) is 0.205. The van der Waals surface area contributed by atoms with Gasteiger partial charge in [0.2, 0.25) is 0 Å². The molecule has 6 nitrogen and oxygen atoms in total. The largest absolute Gasteiger partial charge is 0.399 e. The number of urea groups is 1. The maximum Gasteiger partial charge on any atom is 0.321 e. The number of carbonyl (C=O) groups excluding carboxylic acids is 1. The predicted molar refractivity (Wildman–Crippen MR) is 171 cm³/mol. The summed E-state index contributed by atoms with van der Waals surface area (Å²) in [5.41, 5.74) is 10.5. The van der Waals surface area contributed by atoms with Gasteiger partial charge in [0.1, 0.15) is 12.2 Å². The van der Waals surface area contributed by atoms with Gasteiger partial charge in [-0.15, -0.1) is 0 Å². The molecule has 43 heavy (non-hydrogen) atoms. The van der Waals surface area contributed by atoms with Gasteiger partial charge in [-0.25, -0.2) is 4.79 Å². The number of anilines is 1. The van der Waals surface area contributed by atoms with Crippen LogP contribution in [0.25, 0.3) is 10.8 Å². The van der Waals surface area contributed by atoms with Crippen molar-refractivity contribution in [2.75, 3.05) is 5.73 Å². The van der Waals surface area contributed by atoms with Crippen LogP contribution in [0.1, 0.15) is 22.3 Å². The van der Waals surface area contributed by atoms with E-state index < -0.39 is 24.3 Å². The molecule has 0 aliphatic carbocycles. The maximum absolute atomic E-state index is 14.8. The van der Waals surface area contributed by atoms with Crippen molar-refractivity contribution in [2.24, 2.45) is 0 Å². The molecule has 4 N–H and O–H groups in total. The number of aliphatic hydroxyl groups excluding tert-OH is 2. The SMILES string of the molecule is Nc1cccc(CN2C(=O)N(Cc3ccc4ccccc4c3)[C@H](Cc3ccccc3)[C@H](O)[C@@H](O)[C@H]2Cc2ccccc2)c1. The summed E-state index contributed by atoms with van der Waals surface area (Å²) in [7, 11) is 0. The van der Waals surface area contributed by atoms with Crippen molar-refractivity contribution in [3.8, 4) is 0 Å². The summed E-state index contributed by atoms with van der Waals surface area (Å²) in [6.07, 6.45) is -1.55. The average Bonchev–Trinajstić information content (AvgIpc) is 3.09. The van der Waals surface area contributed by atoms with Crippen molar-refractivity contribution < 1.29 is 15.0 Å². The standard InChI is InChI=1S/C37H37N3O3/c38-32-17-9-14-28(21-32)24-39-33(22-26-10-3-1-4-11-26)35(41)36(42)34(23-27-12-5-2-6-13-27)40(37(39)43)25-29-18-19-30-15-7-8-16-31(30)20-29/h1-21,33-36,41-42H,22-25,38H2/t33-,34-,35+,36+/m1/s1. The van der Waals surface area contributed by atoms with Crippen molar-refractivity contribution in [3.05, 3.63) is 150 Å². The first-order valence-corrected chi connectivity index (χ1v) is 14.8. The minimum Gasteiger partial charge on any atom is -0.399 e. The zero-order chi connectivity index (χ0) is 29.8. The Bertz CT molecular complexity index is 1680. The number of fused-ring (bicyclic) bond motifs is 1. The van der Waals surface area contributed by atoms with Gasteiger partial charge in [-0.3, -0.25) is 0 Å².